The van der Waals surface area contributed by atoms with E-state index >= 15 is 0 Å². The Morgan fingerprint density at radius 1 is 1.18 bits per heavy atom. The van der Waals surface area contributed by atoms with E-state index in [0.29, 0.717) is 18.0 Å². The maximum absolute atomic E-state index is 11.8. The highest BCUT2D eigenvalue weighted by Gasteiger charge is 2.13. The van der Waals surface area contributed by atoms with Gasteiger partial charge in [-0.05, 0) is 17.9 Å². The number of amides is 1. The number of hydrogen-bond acceptors (Lipinski definition) is 5. The standard InChI is InChI=1S/C16H23NO4S/c1-17(10-4-11-21-2)16(20)9-7-13(18)6-8-14(19)15-5-3-12-22-15/h3,5,12H,4,6-11H2,1-2H3. The molecule has 6 heteroatoms. The maximum atomic E-state index is 11.8. The van der Waals surface area contributed by atoms with Gasteiger partial charge in [0, 0.05) is 53.0 Å². The molecule has 22 heavy (non-hydrogen) atoms. The molecule has 0 fully saturated rings. The van der Waals surface area contributed by atoms with Crippen LogP contribution in [0.4, 0.5) is 0 Å². The number of ketones is 2. The first-order valence-electron chi connectivity index (χ1n) is 7.36. The van der Waals surface area contributed by atoms with Gasteiger partial charge in [-0.1, -0.05) is 6.07 Å². The van der Waals surface area contributed by atoms with E-state index in [1.807, 2.05) is 11.4 Å². The van der Waals surface area contributed by atoms with Crippen molar-refractivity contribution < 1.29 is 19.1 Å². The summed E-state index contributed by atoms with van der Waals surface area (Å²) < 4.78 is 4.93. The highest BCUT2D eigenvalue weighted by Crippen LogP contribution is 2.13. The van der Waals surface area contributed by atoms with Crippen LogP contribution in [0, 0.1) is 0 Å². The number of thiophene rings is 1. The second kappa shape index (κ2) is 10.2. The lowest BCUT2D eigenvalue weighted by atomic mass is 10.1. The molecule has 122 valence electrons. The van der Waals surface area contributed by atoms with Gasteiger partial charge in [0.05, 0.1) is 4.88 Å². The normalized spacial score (nSPS) is 10.5. The molecular weight excluding hydrogens is 302 g/mol. The summed E-state index contributed by atoms with van der Waals surface area (Å²) in [5.74, 6) is -0.0936. The van der Waals surface area contributed by atoms with Crippen molar-refractivity contribution in [3.05, 3.63) is 22.4 Å². The van der Waals surface area contributed by atoms with Crippen LogP contribution in [0.3, 0.4) is 0 Å². The van der Waals surface area contributed by atoms with E-state index in [2.05, 4.69) is 0 Å². The SMILES string of the molecule is COCCCN(C)C(=O)CCC(=O)CCC(=O)c1cccs1. The van der Waals surface area contributed by atoms with E-state index in [0.717, 1.165) is 6.42 Å². The summed E-state index contributed by atoms with van der Waals surface area (Å²) in [6, 6.07) is 3.58. The molecule has 1 aromatic heterocycles. The average molecular weight is 325 g/mol. The van der Waals surface area contributed by atoms with E-state index < -0.39 is 0 Å². The van der Waals surface area contributed by atoms with Gasteiger partial charge in [0.2, 0.25) is 5.91 Å². The minimum Gasteiger partial charge on any atom is -0.385 e. The Morgan fingerprint density at radius 3 is 2.55 bits per heavy atom. The maximum Gasteiger partial charge on any atom is 0.222 e. The Labute approximate surface area is 135 Å². The third-order valence-corrected chi connectivity index (χ3v) is 4.22. The van der Waals surface area contributed by atoms with Crippen molar-refractivity contribution in [2.24, 2.45) is 0 Å². The van der Waals surface area contributed by atoms with Crippen LogP contribution in [-0.4, -0.2) is 49.7 Å². The van der Waals surface area contributed by atoms with Crippen molar-refractivity contribution in [3.63, 3.8) is 0 Å². The lowest BCUT2D eigenvalue weighted by molar-refractivity contribution is -0.132. The minimum atomic E-state index is -0.0472. The predicted octanol–water partition coefficient (Wildman–Crippen LogP) is 2.56. The molecule has 0 aliphatic heterocycles. The zero-order chi connectivity index (χ0) is 16.4. The Bertz CT molecular complexity index is 484. The Morgan fingerprint density at radius 2 is 1.91 bits per heavy atom. The van der Waals surface area contributed by atoms with Crippen LogP contribution < -0.4 is 0 Å². The molecular formula is C16H23NO4S. The third kappa shape index (κ3) is 6.95. The lowest BCUT2D eigenvalue weighted by Crippen LogP contribution is -2.28. The summed E-state index contributed by atoms with van der Waals surface area (Å²) in [6.45, 7) is 1.24. The minimum absolute atomic E-state index is 0.00800. The van der Waals surface area contributed by atoms with Crippen molar-refractivity contribution in [2.45, 2.75) is 32.1 Å². The van der Waals surface area contributed by atoms with Crippen molar-refractivity contribution >= 4 is 28.8 Å². The molecule has 0 saturated carbocycles. The summed E-state index contributed by atoms with van der Waals surface area (Å²) in [4.78, 5) is 37.7. The quantitative estimate of drug-likeness (QED) is 0.463. The topological polar surface area (TPSA) is 63.7 Å². The second-order valence-electron chi connectivity index (χ2n) is 5.10. The predicted molar refractivity (Wildman–Crippen MR) is 86.3 cm³/mol. The number of rotatable bonds is 11. The van der Waals surface area contributed by atoms with E-state index in [-0.39, 0.29) is 43.2 Å². The van der Waals surface area contributed by atoms with Crippen LogP contribution in [0.1, 0.15) is 41.8 Å². The van der Waals surface area contributed by atoms with Gasteiger partial charge in [0.1, 0.15) is 5.78 Å². The van der Waals surface area contributed by atoms with Crippen LogP contribution in [-0.2, 0) is 14.3 Å². The molecule has 1 aromatic rings. The molecule has 1 amide bonds. The Balaban J connectivity index is 2.19. The van der Waals surface area contributed by atoms with E-state index in [1.54, 1.807) is 25.1 Å². The number of Topliss-reactive ketones (excluding diaryl/α,β-unsaturated/α-hetero) is 2. The molecule has 0 saturated heterocycles. The summed E-state index contributed by atoms with van der Waals surface area (Å²) >= 11 is 1.38. The van der Waals surface area contributed by atoms with Crippen molar-refractivity contribution in [1.29, 1.82) is 0 Å². The third-order valence-electron chi connectivity index (χ3n) is 3.31. The molecule has 0 unspecified atom stereocenters. The van der Waals surface area contributed by atoms with Crippen molar-refractivity contribution in [1.82, 2.24) is 4.90 Å². The average Bonchev–Trinajstić information content (AvgIpc) is 3.04. The number of carbonyl (C=O) groups excluding carboxylic acids is 3. The highest BCUT2D eigenvalue weighted by molar-refractivity contribution is 7.12. The second-order valence-corrected chi connectivity index (χ2v) is 6.05. The van der Waals surface area contributed by atoms with Gasteiger partial charge in [0.15, 0.2) is 5.78 Å². The zero-order valence-electron chi connectivity index (χ0n) is 13.2. The van der Waals surface area contributed by atoms with Gasteiger partial charge in [-0.15, -0.1) is 11.3 Å². The molecule has 1 rings (SSSR count). The van der Waals surface area contributed by atoms with E-state index in [4.69, 9.17) is 4.74 Å². The fraction of sp³-hybridized carbons (Fsp3) is 0.562. The molecule has 0 spiro atoms. The fourth-order valence-corrected chi connectivity index (χ4v) is 2.64. The van der Waals surface area contributed by atoms with Gasteiger partial charge < -0.3 is 9.64 Å². The van der Waals surface area contributed by atoms with Gasteiger partial charge in [0.25, 0.3) is 0 Å². The fourth-order valence-electron chi connectivity index (χ4n) is 1.95. The molecule has 0 N–H and O–H groups in total. The Hall–Kier alpha value is -1.53. The zero-order valence-corrected chi connectivity index (χ0v) is 14.0. The lowest BCUT2D eigenvalue weighted by Gasteiger charge is -2.16. The van der Waals surface area contributed by atoms with Crippen LogP contribution in [0.25, 0.3) is 0 Å². The van der Waals surface area contributed by atoms with Gasteiger partial charge in [-0.3, -0.25) is 14.4 Å². The molecule has 0 aromatic carbocycles. The number of nitrogens with zero attached hydrogens (tertiary/aromatic N) is 1. The molecule has 0 atom stereocenters. The largest absolute Gasteiger partial charge is 0.385 e. The van der Waals surface area contributed by atoms with Crippen LogP contribution in [0.2, 0.25) is 0 Å². The molecule has 1 heterocycles. The number of ether oxygens (including phenoxy) is 1. The first kappa shape index (κ1) is 18.5. The first-order chi connectivity index (χ1) is 10.5. The molecule has 5 nitrogen and oxygen atoms in total. The molecule has 0 aliphatic carbocycles. The summed E-state index contributed by atoms with van der Waals surface area (Å²) in [5, 5.41) is 1.84. The molecule has 0 bridgehead atoms. The van der Waals surface area contributed by atoms with Crippen LogP contribution in [0.5, 0.6) is 0 Å². The van der Waals surface area contributed by atoms with Crippen molar-refractivity contribution in [2.75, 3.05) is 27.3 Å². The van der Waals surface area contributed by atoms with E-state index in [1.165, 1.54) is 11.3 Å². The van der Waals surface area contributed by atoms with Crippen LogP contribution >= 0.6 is 11.3 Å². The number of methoxy groups -OCH3 is 1. The number of carbonyl (C=O) groups is 3. The van der Waals surface area contributed by atoms with Gasteiger partial charge >= 0.3 is 0 Å². The van der Waals surface area contributed by atoms with Gasteiger partial charge in [-0.25, -0.2) is 0 Å². The summed E-state index contributed by atoms with van der Waals surface area (Å²) in [5.41, 5.74) is 0. The molecule has 0 radical (unpaired) electrons. The van der Waals surface area contributed by atoms with E-state index in [9.17, 15) is 14.4 Å². The monoisotopic (exact) mass is 325 g/mol. The Kier molecular flexibility index (Phi) is 8.62. The summed E-state index contributed by atoms with van der Waals surface area (Å²) in [6.07, 6.45) is 1.61. The highest BCUT2D eigenvalue weighted by atomic mass is 32.1. The summed E-state index contributed by atoms with van der Waals surface area (Å²) in [7, 11) is 3.35. The van der Waals surface area contributed by atoms with Gasteiger partial charge in [-0.2, -0.15) is 0 Å². The number of hydrogen-bond donors (Lipinski definition) is 0. The molecule has 0 aliphatic rings. The smallest absolute Gasteiger partial charge is 0.222 e. The first-order valence-corrected chi connectivity index (χ1v) is 8.24. The van der Waals surface area contributed by atoms with Crippen molar-refractivity contribution in [3.8, 4) is 0 Å². The van der Waals surface area contributed by atoms with Crippen LogP contribution in [0.15, 0.2) is 17.5 Å².